The summed E-state index contributed by atoms with van der Waals surface area (Å²) in [7, 11) is 0. The maximum atomic E-state index is 12.2. The van der Waals surface area contributed by atoms with Crippen LogP contribution in [0.4, 0.5) is 11.4 Å². The molecule has 0 fully saturated rings. The first-order valence-electron chi connectivity index (χ1n) is 7.53. The molecule has 2 rings (SSSR count). The first kappa shape index (κ1) is 24.1. The Hall–Kier alpha value is -2.86. The molecule has 0 aliphatic rings. The van der Waals surface area contributed by atoms with Crippen LogP contribution >= 0.6 is 11.8 Å². The zero-order valence-corrected chi connectivity index (χ0v) is 15.3. The number of benzene rings is 1. The highest BCUT2D eigenvalue weighted by Crippen LogP contribution is 2.21. The largest absolute Gasteiger partial charge is 0.462 e. The maximum Gasteiger partial charge on any atom is 0.279 e. The number of amidine groups is 1. The number of rotatable bonds is 6. The molecule has 2 aromatic rings. The lowest BCUT2D eigenvalue weighted by Crippen LogP contribution is -2.13. The molecule has 0 radical (unpaired) electrons. The highest BCUT2D eigenvalue weighted by atomic mass is 32.2. The third kappa shape index (κ3) is 7.11. The summed E-state index contributed by atoms with van der Waals surface area (Å²) < 4.78 is 5.08. The number of nitrogen functional groups attached to an aromatic ring is 1. The summed E-state index contributed by atoms with van der Waals surface area (Å²) in [5.74, 6) is -0.176. The summed E-state index contributed by atoms with van der Waals surface area (Å²) in [6.45, 7) is 1.28. The van der Waals surface area contributed by atoms with Crippen LogP contribution in [0.5, 0.6) is 0 Å². The van der Waals surface area contributed by atoms with Gasteiger partial charge in [0.1, 0.15) is 5.04 Å². The fourth-order valence-corrected chi connectivity index (χ4v) is 2.49. The number of furan rings is 1. The van der Waals surface area contributed by atoms with E-state index in [4.69, 9.17) is 27.0 Å². The molecule has 1 aromatic heterocycles. The minimum atomic E-state index is -0.530. The average Bonchev–Trinajstić information content (AvgIpc) is 3.11. The van der Waals surface area contributed by atoms with Gasteiger partial charge >= 0.3 is 0 Å². The molecule has 0 aliphatic carbocycles. The molecule has 27 heavy (non-hydrogen) atoms. The molecule has 148 valence electrons. The maximum absolute atomic E-state index is 12.2. The van der Waals surface area contributed by atoms with Gasteiger partial charge in [-0.05, 0) is 55.1 Å². The second kappa shape index (κ2) is 11.7. The van der Waals surface area contributed by atoms with Crippen molar-refractivity contribution in [1.29, 1.82) is 5.41 Å². The number of hydrogen-bond acceptors (Lipinski definition) is 7. The van der Waals surface area contributed by atoms with Crippen LogP contribution in [0.15, 0.2) is 46.0 Å². The number of carbonyl (C=O) groups is 1. The molecule has 0 aliphatic heterocycles. The summed E-state index contributed by atoms with van der Waals surface area (Å²) >= 11 is 0.842. The lowest BCUT2D eigenvalue weighted by atomic mass is 10.1. The van der Waals surface area contributed by atoms with Gasteiger partial charge < -0.3 is 37.9 Å². The molecule has 11 heteroatoms. The molecule has 0 saturated heterocycles. The number of thioether (sulfide) groups is 1. The number of nitrogens with one attached hydrogen (secondary N) is 2. The van der Waals surface area contributed by atoms with Crippen molar-refractivity contribution in [2.24, 2.45) is 16.5 Å². The quantitative estimate of drug-likeness (QED) is 0.197. The van der Waals surface area contributed by atoms with E-state index >= 15 is 0 Å². The van der Waals surface area contributed by atoms with Crippen LogP contribution < -0.4 is 22.5 Å². The fraction of sp³-hybridized carbons (Fsp3) is 0.188. The van der Waals surface area contributed by atoms with Crippen molar-refractivity contribution >= 4 is 39.3 Å². The molecular formula is C16H24N6O4S. The predicted molar refractivity (Wildman–Crippen MR) is 109 cm³/mol. The van der Waals surface area contributed by atoms with Crippen molar-refractivity contribution in [3.05, 3.63) is 47.9 Å². The number of nitrogens with two attached hydrogens (primary N) is 3. The van der Waals surface area contributed by atoms with E-state index in [-0.39, 0.29) is 21.2 Å². The van der Waals surface area contributed by atoms with Crippen molar-refractivity contribution in [2.45, 2.75) is 6.42 Å². The van der Waals surface area contributed by atoms with Gasteiger partial charge in [-0.2, -0.15) is 4.99 Å². The Kier molecular flexibility index (Phi) is 10.5. The highest BCUT2D eigenvalue weighted by molar-refractivity contribution is 8.26. The van der Waals surface area contributed by atoms with Gasteiger partial charge in [0.15, 0.2) is 10.9 Å². The Morgan fingerprint density at radius 3 is 2.63 bits per heavy atom. The molecule has 0 bridgehead atoms. The molecular weight excluding hydrogens is 372 g/mol. The molecule has 0 atom stereocenters. The summed E-state index contributed by atoms with van der Waals surface area (Å²) in [5, 5.41) is 11.0. The van der Waals surface area contributed by atoms with Crippen LogP contribution in [0.1, 0.15) is 22.5 Å². The Morgan fingerprint density at radius 2 is 2.04 bits per heavy atom. The molecule has 1 heterocycles. The van der Waals surface area contributed by atoms with Crippen LogP contribution in [-0.2, 0) is 0 Å². The van der Waals surface area contributed by atoms with Gasteiger partial charge in [0.25, 0.3) is 5.91 Å². The van der Waals surface area contributed by atoms with Crippen LogP contribution in [-0.4, -0.2) is 40.2 Å². The number of aliphatic imine (C=N–C) groups is 1. The number of nitrogens with zero attached hydrogens (tertiary/aromatic N) is 1. The Balaban J connectivity index is 0.00000338. The standard InChI is InChI=1S/C16H20N6O2S.2H2O/c17-6-2-7-21-12-5-4-10(9-11(12)18)15(23)22-16(20)25-14(19)13-3-1-8-24-13;;/h1,3-5,8-9,19,21H,2,6-7,17-18H2,(H2,20,22,23);2*1H2. The van der Waals surface area contributed by atoms with Gasteiger partial charge in [-0.25, -0.2) is 0 Å². The SMILES string of the molecule is N=C(SC(N)=NC(=O)c1ccc(NCCCN)c(N)c1)c1ccco1.O.O. The van der Waals surface area contributed by atoms with E-state index in [9.17, 15) is 4.79 Å². The first-order valence-corrected chi connectivity index (χ1v) is 8.35. The monoisotopic (exact) mass is 396 g/mol. The molecule has 0 saturated carbocycles. The third-order valence-corrected chi connectivity index (χ3v) is 3.86. The highest BCUT2D eigenvalue weighted by Gasteiger charge is 2.11. The summed E-state index contributed by atoms with van der Waals surface area (Å²) in [4.78, 5) is 16.0. The number of hydrogen-bond donors (Lipinski definition) is 5. The van der Waals surface area contributed by atoms with Gasteiger partial charge in [-0.15, -0.1) is 0 Å². The van der Waals surface area contributed by atoms with Crippen LogP contribution in [0.25, 0.3) is 0 Å². The zero-order chi connectivity index (χ0) is 18.2. The van der Waals surface area contributed by atoms with E-state index in [1.807, 2.05) is 0 Å². The van der Waals surface area contributed by atoms with Gasteiger partial charge in [0, 0.05) is 12.1 Å². The number of carbonyl (C=O) groups excluding carboxylic acids is 1. The van der Waals surface area contributed by atoms with Crippen LogP contribution in [0.3, 0.4) is 0 Å². The molecule has 1 aromatic carbocycles. The molecule has 10 nitrogen and oxygen atoms in total. The Bertz CT molecular complexity index is 779. The fourth-order valence-electron chi connectivity index (χ4n) is 1.93. The van der Waals surface area contributed by atoms with E-state index < -0.39 is 5.91 Å². The van der Waals surface area contributed by atoms with Crippen molar-refractivity contribution in [3.8, 4) is 0 Å². The van der Waals surface area contributed by atoms with Crippen LogP contribution in [0, 0.1) is 5.41 Å². The van der Waals surface area contributed by atoms with Gasteiger partial charge in [-0.1, -0.05) is 0 Å². The molecule has 0 unspecified atom stereocenters. The average molecular weight is 396 g/mol. The van der Waals surface area contributed by atoms with E-state index in [0.717, 1.165) is 23.9 Å². The van der Waals surface area contributed by atoms with Crippen molar-refractivity contribution in [2.75, 3.05) is 24.1 Å². The van der Waals surface area contributed by atoms with E-state index in [0.29, 0.717) is 30.1 Å². The summed E-state index contributed by atoms with van der Waals surface area (Å²) in [6.07, 6.45) is 2.27. The van der Waals surface area contributed by atoms with Crippen molar-refractivity contribution in [1.82, 2.24) is 0 Å². The lowest BCUT2D eigenvalue weighted by molar-refractivity contribution is 0.100. The van der Waals surface area contributed by atoms with E-state index in [1.54, 1.807) is 24.3 Å². The Morgan fingerprint density at radius 1 is 1.30 bits per heavy atom. The van der Waals surface area contributed by atoms with Gasteiger partial charge in [-0.3, -0.25) is 10.2 Å². The zero-order valence-electron chi connectivity index (χ0n) is 14.5. The number of amides is 1. The smallest absolute Gasteiger partial charge is 0.279 e. The summed E-state index contributed by atoms with van der Waals surface area (Å²) in [5.41, 5.74) is 18.6. The number of anilines is 2. The molecule has 12 N–H and O–H groups in total. The second-order valence-corrected chi connectivity index (χ2v) is 6.07. The lowest BCUT2D eigenvalue weighted by Gasteiger charge is -2.09. The van der Waals surface area contributed by atoms with Crippen molar-refractivity contribution in [3.63, 3.8) is 0 Å². The minimum Gasteiger partial charge on any atom is -0.462 e. The van der Waals surface area contributed by atoms with Crippen LogP contribution in [0.2, 0.25) is 0 Å². The van der Waals surface area contributed by atoms with E-state index in [1.165, 1.54) is 12.3 Å². The van der Waals surface area contributed by atoms with Gasteiger partial charge in [0.05, 0.1) is 17.6 Å². The topological polar surface area (TPSA) is 220 Å². The normalized spacial score (nSPS) is 10.5. The van der Waals surface area contributed by atoms with Gasteiger partial charge in [0.2, 0.25) is 0 Å². The van der Waals surface area contributed by atoms with E-state index in [2.05, 4.69) is 10.3 Å². The molecule has 1 amide bonds. The molecule has 0 spiro atoms. The predicted octanol–water partition coefficient (Wildman–Crippen LogP) is 0.187. The third-order valence-electron chi connectivity index (χ3n) is 3.16. The second-order valence-electron chi connectivity index (χ2n) is 5.03. The Labute approximate surface area is 160 Å². The summed E-state index contributed by atoms with van der Waals surface area (Å²) in [6, 6.07) is 8.15. The minimum absolute atomic E-state index is 0. The van der Waals surface area contributed by atoms with Crippen molar-refractivity contribution < 1.29 is 20.2 Å². The first-order chi connectivity index (χ1) is 12.0.